The van der Waals surface area contributed by atoms with Gasteiger partial charge in [0, 0.05) is 5.92 Å². The van der Waals surface area contributed by atoms with Gasteiger partial charge in [-0.25, -0.2) is 4.99 Å². The Morgan fingerprint density at radius 1 is 1.05 bits per heavy atom. The van der Waals surface area contributed by atoms with E-state index in [0.29, 0.717) is 17.9 Å². The second-order valence-electron chi connectivity index (χ2n) is 5.97. The summed E-state index contributed by atoms with van der Waals surface area (Å²) in [4.78, 5) is 4.66. The van der Waals surface area contributed by atoms with E-state index in [-0.39, 0.29) is 31.9 Å². The molecule has 1 atom stereocenters. The van der Waals surface area contributed by atoms with Crippen molar-refractivity contribution in [2.45, 2.75) is 64.8 Å². The van der Waals surface area contributed by atoms with Crippen molar-refractivity contribution in [3.63, 3.8) is 0 Å². The molecule has 0 amide bonds. The quantitative estimate of drug-likeness (QED) is 0.383. The zero-order chi connectivity index (χ0) is 12.8. The number of nitrogens with zero attached hydrogens (tertiary/aromatic N) is 1. The average Bonchev–Trinajstić information content (AvgIpc) is 3.14. The third kappa shape index (κ3) is 7.51. The zero-order valence-corrected chi connectivity index (χ0v) is 15.4. The first kappa shape index (κ1) is 23.0. The topological polar surface area (TPSA) is 21.6 Å². The molecular weight excluding hydrogens is 302 g/mol. The third-order valence-electron chi connectivity index (χ3n) is 4.08. The van der Waals surface area contributed by atoms with Crippen molar-refractivity contribution in [2.75, 3.05) is 6.61 Å². The molecule has 3 aliphatic rings. The van der Waals surface area contributed by atoms with Gasteiger partial charge in [-0.15, -0.1) is 0 Å². The van der Waals surface area contributed by atoms with Crippen LogP contribution in [0, 0.1) is 26.7 Å². The van der Waals surface area contributed by atoms with E-state index in [2.05, 4.69) is 31.0 Å². The van der Waals surface area contributed by atoms with Gasteiger partial charge in [-0.3, -0.25) is 0 Å². The van der Waals surface area contributed by atoms with E-state index in [1.54, 1.807) is 0 Å². The van der Waals surface area contributed by atoms with Crippen LogP contribution in [-0.2, 0) is 21.8 Å². The molecule has 0 saturated heterocycles. The summed E-state index contributed by atoms with van der Waals surface area (Å²) in [7, 11) is 0. The molecule has 3 rings (SSSR count). The van der Waals surface area contributed by atoms with Gasteiger partial charge in [0.05, 0.1) is 6.04 Å². The van der Waals surface area contributed by atoms with Crippen LogP contribution in [0.4, 0.5) is 0 Å². The molecule has 1 heterocycles. The summed E-state index contributed by atoms with van der Waals surface area (Å²) in [5.41, 5.74) is 0. The van der Waals surface area contributed by atoms with Crippen molar-refractivity contribution in [3.8, 4) is 0 Å². The second-order valence-corrected chi connectivity index (χ2v) is 5.97. The molecule has 0 aromatic carbocycles. The molecule has 0 aromatic rings. The minimum atomic E-state index is 0. The van der Waals surface area contributed by atoms with E-state index in [1.807, 2.05) is 0 Å². The van der Waals surface area contributed by atoms with Crippen molar-refractivity contribution in [1.82, 2.24) is 0 Å². The van der Waals surface area contributed by atoms with E-state index in [0.717, 1.165) is 12.5 Å². The summed E-state index contributed by atoms with van der Waals surface area (Å²) in [5.74, 6) is 2.35. The molecule has 0 bridgehead atoms. The van der Waals surface area contributed by atoms with Crippen LogP contribution in [-0.4, -0.2) is 18.5 Å². The maximum Gasteiger partial charge on any atom is 2.00 e. The predicted molar refractivity (Wildman–Crippen MR) is 89.8 cm³/mol. The molecule has 2 nitrogen and oxygen atoms in total. The van der Waals surface area contributed by atoms with Gasteiger partial charge >= 0.3 is 17.1 Å². The number of hydrogen-bond acceptors (Lipinski definition) is 2. The van der Waals surface area contributed by atoms with Gasteiger partial charge in [-0.05, 0) is 38.0 Å². The summed E-state index contributed by atoms with van der Waals surface area (Å²) >= 11 is 0. The first-order valence-corrected chi connectivity index (χ1v) is 7.63. The Morgan fingerprint density at radius 2 is 1.62 bits per heavy atom. The molecule has 0 spiro atoms. The van der Waals surface area contributed by atoms with Gasteiger partial charge in [0.1, 0.15) is 6.61 Å². The molecule has 1 fully saturated rings. The van der Waals surface area contributed by atoms with E-state index in [9.17, 15) is 0 Å². The van der Waals surface area contributed by atoms with Crippen LogP contribution in [0.25, 0.3) is 0 Å². The SMILES string of the molecule is C1=CCCC1.CC(C)[C@@H]1COC(C2CCCC2)=N1.[CH3-].[CH3-].[Fe+2]. The van der Waals surface area contributed by atoms with E-state index in [1.165, 1.54) is 44.9 Å². The van der Waals surface area contributed by atoms with Crippen molar-refractivity contribution in [1.29, 1.82) is 0 Å². The molecule has 0 N–H and O–H groups in total. The maximum atomic E-state index is 5.66. The first-order chi connectivity index (χ1) is 8.77. The minimum absolute atomic E-state index is 0. The van der Waals surface area contributed by atoms with Crippen LogP contribution in [0.2, 0.25) is 0 Å². The van der Waals surface area contributed by atoms with Gasteiger partial charge in [0.15, 0.2) is 5.90 Å². The molecule has 124 valence electrons. The van der Waals surface area contributed by atoms with E-state index < -0.39 is 0 Å². The van der Waals surface area contributed by atoms with Gasteiger partial charge in [0.25, 0.3) is 0 Å². The van der Waals surface area contributed by atoms with E-state index in [4.69, 9.17) is 4.74 Å². The number of aliphatic imine (C=N–C) groups is 1. The van der Waals surface area contributed by atoms with Gasteiger partial charge in [0.2, 0.25) is 0 Å². The molecule has 21 heavy (non-hydrogen) atoms. The summed E-state index contributed by atoms with van der Waals surface area (Å²) in [5, 5.41) is 0. The molecule has 2 aliphatic carbocycles. The Bertz CT molecular complexity index is 300. The standard InChI is InChI=1S/C11H19NO.C5H8.2CH3.Fe/c1-8(2)10-7-13-11(12-10)9-5-3-4-6-9;1-2-4-5-3-1;;;/h8-10H,3-7H2,1-2H3;1-2H,3-5H2;2*1H3;/q;;2*-1;+2/t10-;;;;/m0..../s1. The molecule has 0 radical (unpaired) electrons. The molecule has 1 saturated carbocycles. The van der Waals surface area contributed by atoms with Gasteiger partial charge < -0.3 is 19.6 Å². The average molecular weight is 335 g/mol. The fourth-order valence-corrected chi connectivity index (χ4v) is 2.74. The Morgan fingerprint density at radius 3 is 2.00 bits per heavy atom. The Balaban J connectivity index is 0. The van der Waals surface area contributed by atoms with Crippen LogP contribution in [0.15, 0.2) is 17.1 Å². The minimum Gasteiger partial charge on any atom is -0.478 e. The molecular formula is C18H33FeNO. The molecule has 0 aromatic heterocycles. The Hall–Kier alpha value is -0.271. The van der Waals surface area contributed by atoms with Crippen molar-refractivity contribution in [2.24, 2.45) is 16.8 Å². The molecule has 3 heteroatoms. The van der Waals surface area contributed by atoms with Crippen molar-refractivity contribution >= 4 is 5.90 Å². The Kier molecular flexibility index (Phi) is 13.5. The van der Waals surface area contributed by atoms with Crippen LogP contribution in [0.5, 0.6) is 0 Å². The molecule has 1 aliphatic heterocycles. The smallest absolute Gasteiger partial charge is 0.478 e. The number of hydrogen-bond donors (Lipinski definition) is 0. The normalized spacial score (nSPS) is 23.2. The van der Waals surface area contributed by atoms with Gasteiger partial charge in [-0.2, -0.15) is 0 Å². The van der Waals surface area contributed by atoms with Crippen molar-refractivity contribution < 1.29 is 21.8 Å². The summed E-state index contributed by atoms with van der Waals surface area (Å²) in [6.45, 7) is 5.26. The Labute approximate surface area is 143 Å². The number of allylic oxidation sites excluding steroid dienone is 2. The summed E-state index contributed by atoms with van der Waals surface area (Å²) < 4.78 is 5.66. The fourth-order valence-electron chi connectivity index (χ4n) is 2.74. The predicted octanol–water partition coefficient (Wildman–Crippen LogP) is 5.25. The monoisotopic (exact) mass is 335 g/mol. The maximum absolute atomic E-state index is 5.66. The summed E-state index contributed by atoms with van der Waals surface area (Å²) in [6, 6.07) is 0.426. The first-order valence-electron chi connectivity index (χ1n) is 7.63. The van der Waals surface area contributed by atoms with Crippen LogP contribution in [0.1, 0.15) is 58.8 Å². The van der Waals surface area contributed by atoms with Crippen LogP contribution in [0.3, 0.4) is 0 Å². The third-order valence-corrected chi connectivity index (χ3v) is 4.08. The number of ether oxygens (including phenoxy) is 1. The number of rotatable bonds is 2. The zero-order valence-electron chi connectivity index (χ0n) is 14.3. The van der Waals surface area contributed by atoms with Crippen LogP contribution < -0.4 is 0 Å². The summed E-state index contributed by atoms with van der Waals surface area (Å²) in [6.07, 6.45) is 13.8. The largest absolute Gasteiger partial charge is 2.00 e. The van der Waals surface area contributed by atoms with Crippen LogP contribution >= 0.6 is 0 Å². The van der Waals surface area contributed by atoms with Crippen molar-refractivity contribution in [3.05, 3.63) is 27.0 Å². The fraction of sp³-hybridized carbons (Fsp3) is 0.722. The molecule has 0 unspecified atom stereocenters. The second kappa shape index (κ2) is 12.3. The van der Waals surface area contributed by atoms with Gasteiger partial charge in [-0.1, -0.05) is 38.8 Å². The van der Waals surface area contributed by atoms with E-state index >= 15 is 0 Å².